The molecule has 0 aliphatic rings. The molecule has 0 bridgehead atoms. The van der Waals surface area contributed by atoms with Crippen molar-refractivity contribution < 1.29 is 4.65 Å². The van der Waals surface area contributed by atoms with Crippen molar-refractivity contribution in [3.05, 3.63) is 81.4 Å². The first kappa shape index (κ1) is 20.9. The summed E-state index contributed by atoms with van der Waals surface area (Å²) in [6.07, 6.45) is 1.74. The van der Waals surface area contributed by atoms with Gasteiger partial charge in [0.2, 0.25) is 0 Å². The second kappa shape index (κ2) is 9.62. The number of anilines is 1. The predicted molar refractivity (Wildman–Crippen MR) is 125 cm³/mol. The molecule has 0 aliphatic heterocycles. The van der Waals surface area contributed by atoms with Gasteiger partial charge in [0, 0.05) is 36.9 Å². The minimum absolute atomic E-state index is 0.649. The summed E-state index contributed by atoms with van der Waals surface area (Å²) in [6.45, 7) is 1.37. The van der Waals surface area contributed by atoms with Crippen LogP contribution in [0.25, 0.3) is 16.9 Å². The highest BCUT2D eigenvalue weighted by Crippen LogP contribution is 2.30. The van der Waals surface area contributed by atoms with E-state index in [-0.39, 0.29) is 0 Å². The average molecular weight is 484 g/mol. The number of hydrogen-bond acceptors (Lipinski definition) is 5. The lowest BCUT2D eigenvalue weighted by atomic mass is 10.1. The van der Waals surface area contributed by atoms with Crippen LogP contribution in [0.5, 0.6) is 0 Å². The fraction of sp³-hybridized carbons (Fsp3) is 0.143. The fourth-order valence-electron chi connectivity index (χ4n) is 3.08. The third-order valence-electron chi connectivity index (χ3n) is 4.58. The van der Waals surface area contributed by atoms with Gasteiger partial charge in [0.25, 0.3) is 0 Å². The number of halogens is 2. The van der Waals surface area contributed by atoms with Gasteiger partial charge in [0.1, 0.15) is 5.82 Å². The normalized spacial score (nSPS) is 11.0. The summed E-state index contributed by atoms with van der Waals surface area (Å²) in [5.41, 5.74) is 4.72. The van der Waals surface area contributed by atoms with Gasteiger partial charge in [-0.2, -0.15) is 9.61 Å². The summed E-state index contributed by atoms with van der Waals surface area (Å²) >= 11 is 9.93. The quantitative estimate of drug-likeness (QED) is 0.281. The van der Waals surface area contributed by atoms with Crippen molar-refractivity contribution >= 4 is 46.6 Å². The van der Waals surface area contributed by atoms with Crippen LogP contribution in [0.4, 0.5) is 5.82 Å². The second-order valence-corrected chi connectivity index (χ2v) is 7.90. The molecule has 151 valence electrons. The van der Waals surface area contributed by atoms with Gasteiger partial charge >= 0.3 is 7.62 Å². The van der Waals surface area contributed by atoms with Crippen LogP contribution in [0.15, 0.2) is 65.3 Å². The summed E-state index contributed by atoms with van der Waals surface area (Å²) < 4.78 is 7.49. The molecule has 0 saturated carbocycles. The average Bonchev–Trinajstić information content (AvgIpc) is 3.14. The van der Waals surface area contributed by atoms with E-state index in [1.54, 1.807) is 25.4 Å². The number of aromatic nitrogens is 3. The van der Waals surface area contributed by atoms with E-state index in [2.05, 4.69) is 55.8 Å². The number of benzene rings is 2. The molecule has 30 heavy (non-hydrogen) atoms. The fourth-order valence-corrected chi connectivity index (χ4v) is 3.66. The largest absolute Gasteiger partial charge is 0.427 e. The van der Waals surface area contributed by atoms with E-state index in [1.807, 2.05) is 30.3 Å². The summed E-state index contributed by atoms with van der Waals surface area (Å²) in [7, 11) is 3.19. The van der Waals surface area contributed by atoms with E-state index in [4.69, 9.17) is 21.2 Å². The Morgan fingerprint density at radius 2 is 1.83 bits per heavy atom. The van der Waals surface area contributed by atoms with Crippen molar-refractivity contribution in [3.63, 3.8) is 0 Å². The molecule has 6 nitrogen and oxygen atoms in total. The van der Waals surface area contributed by atoms with Crippen LogP contribution in [0.2, 0.25) is 5.02 Å². The molecule has 1 radical (unpaired) electrons. The molecule has 2 heterocycles. The number of nitrogens with zero attached hydrogens (tertiary/aromatic N) is 3. The van der Waals surface area contributed by atoms with Gasteiger partial charge in [-0.1, -0.05) is 54.1 Å². The van der Waals surface area contributed by atoms with E-state index in [9.17, 15) is 0 Å². The van der Waals surface area contributed by atoms with Crippen molar-refractivity contribution in [3.8, 4) is 11.3 Å². The van der Waals surface area contributed by atoms with E-state index in [0.29, 0.717) is 11.6 Å². The molecule has 0 aliphatic carbocycles. The van der Waals surface area contributed by atoms with Crippen molar-refractivity contribution in [2.45, 2.75) is 13.1 Å². The maximum absolute atomic E-state index is 6.40. The Kier molecular flexibility index (Phi) is 6.69. The molecule has 0 unspecified atom stereocenters. The van der Waals surface area contributed by atoms with Crippen molar-refractivity contribution in [2.24, 2.45) is 0 Å². The van der Waals surface area contributed by atoms with Crippen molar-refractivity contribution in [1.82, 2.24) is 19.8 Å². The Hall–Kier alpha value is -2.39. The molecule has 4 rings (SSSR count). The van der Waals surface area contributed by atoms with Crippen LogP contribution < -0.4 is 10.5 Å². The van der Waals surface area contributed by atoms with E-state index in [0.717, 1.165) is 39.3 Å². The Morgan fingerprint density at radius 1 is 1.10 bits per heavy atom. The van der Waals surface area contributed by atoms with E-state index >= 15 is 0 Å². The third-order valence-corrected chi connectivity index (χ3v) is 5.47. The van der Waals surface area contributed by atoms with Crippen molar-refractivity contribution in [1.29, 1.82) is 0 Å². The van der Waals surface area contributed by atoms with Gasteiger partial charge in [0.15, 0.2) is 5.65 Å². The highest BCUT2D eigenvalue weighted by Gasteiger charge is 2.13. The molecule has 0 amide bonds. The van der Waals surface area contributed by atoms with E-state index in [1.165, 1.54) is 5.56 Å². The molecule has 0 spiro atoms. The molecular weight excluding hydrogens is 464 g/mol. The minimum Gasteiger partial charge on any atom is -0.427 e. The van der Waals surface area contributed by atoms with Crippen LogP contribution in [0, 0.1) is 0 Å². The highest BCUT2D eigenvalue weighted by molar-refractivity contribution is 9.10. The molecule has 0 atom stereocenters. The molecule has 0 fully saturated rings. The Labute approximate surface area is 189 Å². The Morgan fingerprint density at radius 3 is 2.57 bits per heavy atom. The monoisotopic (exact) mass is 482 g/mol. The molecule has 2 aromatic heterocycles. The van der Waals surface area contributed by atoms with Crippen LogP contribution in [-0.4, -0.2) is 29.3 Å². The maximum atomic E-state index is 6.40. The number of hydrogen-bond donors (Lipinski definition) is 2. The summed E-state index contributed by atoms with van der Waals surface area (Å²) in [5.74, 6) is 0.834. The third kappa shape index (κ3) is 4.68. The zero-order chi connectivity index (χ0) is 20.9. The Bertz CT molecular complexity index is 1150. The smallest absolute Gasteiger partial charge is 0.395 e. The van der Waals surface area contributed by atoms with Gasteiger partial charge in [-0.25, -0.2) is 4.98 Å². The summed E-state index contributed by atoms with van der Waals surface area (Å²) in [6, 6.07) is 18.0. The SMILES string of the molecule is CO[B]NCc1ccc(CNc2cc(-c3ccccc3Cl)nc3c(Br)cnn23)cc1. The Balaban J connectivity index is 1.57. The number of nitrogens with one attached hydrogen (secondary N) is 2. The maximum Gasteiger partial charge on any atom is 0.395 e. The molecule has 2 N–H and O–H groups in total. The summed E-state index contributed by atoms with van der Waals surface area (Å²) in [4.78, 5) is 4.74. The second-order valence-electron chi connectivity index (χ2n) is 6.64. The predicted octanol–water partition coefficient (Wildman–Crippen LogP) is 4.69. The standard InChI is InChI=1S/C21H19BBrClN5O/c1-30-22-26-12-15-8-6-14(7-9-15)11-25-20-10-19(16-4-2-3-5-18(16)24)28-21-17(23)13-27-29(20)21/h2-10,13,25-26H,11-12H2,1H3. The van der Waals surface area contributed by atoms with Gasteiger partial charge < -0.3 is 15.2 Å². The van der Waals surface area contributed by atoms with Gasteiger partial charge in [-0.15, -0.1) is 0 Å². The van der Waals surface area contributed by atoms with Crippen LogP contribution in [0.1, 0.15) is 11.1 Å². The summed E-state index contributed by atoms with van der Waals surface area (Å²) in [5, 5.41) is 11.6. The highest BCUT2D eigenvalue weighted by atomic mass is 79.9. The van der Waals surface area contributed by atoms with E-state index < -0.39 is 0 Å². The lowest BCUT2D eigenvalue weighted by molar-refractivity contribution is 0.430. The zero-order valence-electron chi connectivity index (χ0n) is 16.3. The van der Waals surface area contributed by atoms with Crippen molar-refractivity contribution in [2.75, 3.05) is 12.4 Å². The van der Waals surface area contributed by atoms with Gasteiger partial charge in [-0.05, 0) is 33.1 Å². The molecule has 0 saturated heterocycles. The zero-order valence-corrected chi connectivity index (χ0v) is 18.6. The lowest BCUT2D eigenvalue weighted by Crippen LogP contribution is -2.20. The first-order valence-electron chi connectivity index (χ1n) is 9.34. The first-order valence-corrected chi connectivity index (χ1v) is 10.5. The molecule has 9 heteroatoms. The first-order chi connectivity index (χ1) is 14.7. The molecule has 4 aromatic rings. The molecular formula is C21H19BBrClN5O. The number of rotatable bonds is 8. The van der Waals surface area contributed by atoms with Crippen LogP contribution in [0.3, 0.4) is 0 Å². The minimum atomic E-state index is 0.649. The van der Waals surface area contributed by atoms with Crippen LogP contribution in [-0.2, 0) is 17.7 Å². The van der Waals surface area contributed by atoms with Gasteiger partial charge in [0.05, 0.1) is 16.4 Å². The number of fused-ring (bicyclic) bond motifs is 1. The van der Waals surface area contributed by atoms with Gasteiger partial charge in [-0.3, -0.25) is 0 Å². The topological polar surface area (TPSA) is 63.5 Å². The molecule has 2 aromatic carbocycles. The lowest BCUT2D eigenvalue weighted by Gasteiger charge is -2.12. The van der Waals surface area contributed by atoms with Crippen LogP contribution >= 0.6 is 27.5 Å².